The van der Waals surface area contributed by atoms with E-state index in [0.29, 0.717) is 0 Å². The van der Waals surface area contributed by atoms with Crippen molar-refractivity contribution in [1.29, 1.82) is 0 Å². The highest BCUT2D eigenvalue weighted by molar-refractivity contribution is 5.93. The molecular weight excluding hydrogens is 444 g/mol. The SMILES string of the molecule is CCC[C@H](C)Nc1c(N[C@@H](Cc2ccc(Nc3nccc4ccccc34)cc2)C(=O)O)c(=O)c1=O. The van der Waals surface area contributed by atoms with Gasteiger partial charge >= 0.3 is 5.97 Å². The van der Waals surface area contributed by atoms with Gasteiger partial charge in [-0.15, -0.1) is 0 Å². The minimum absolute atomic E-state index is 0.00315. The minimum atomic E-state index is -1.10. The van der Waals surface area contributed by atoms with E-state index < -0.39 is 22.9 Å². The van der Waals surface area contributed by atoms with Gasteiger partial charge in [-0.25, -0.2) is 9.78 Å². The highest BCUT2D eigenvalue weighted by Crippen LogP contribution is 2.25. The van der Waals surface area contributed by atoms with Crippen LogP contribution >= 0.6 is 0 Å². The van der Waals surface area contributed by atoms with Crippen molar-refractivity contribution in [1.82, 2.24) is 4.98 Å². The van der Waals surface area contributed by atoms with E-state index >= 15 is 0 Å². The zero-order valence-electron chi connectivity index (χ0n) is 19.7. The lowest BCUT2D eigenvalue weighted by atomic mass is 10.0. The van der Waals surface area contributed by atoms with Crippen LogP contribution in [0.2, 0.25) is 0 Å². The van der Waals surface area contributed by atoms with E-state index in [9.17, 15) is 19.5 Å². The number of aliphatic carboxylic acids is 1. The van der Waals surface area contributed by atoms with Gasteiger partial charge in [0.2, 0.25) is 0 Å². The highest BCUT2D eigenvalue weighted by atomic mass is 16.4. The van der Waals surface area contributed by atoms with E-state index in [4.69, 9.17) is 0 Å². The maximum Gasteiger partial charge on any atom is 0.326 e. The van der Waals surface area contributed by atoms with E-state index in [0.717, 1.165) is 40.7 Å². The molecule has 0 bridgehead atoms. The Morgan fingerprint density at radius 3 is 2.34 bits per heavy atom. The number of nitrogens with one attached hydrogen (secondary N) is 3. The summed E-state index contributed by atoms with van der Waals surface area (Å²) in [4.78, 5) is 40.5. The van der Waals surface area contributed by atoms with E-state index in [-0.39, 0.29) is 23.8 Å². The number of hydrogen-bond acceptors (Lipinski definition) is 7. The summed E-state index contributed by atoms with van der Waals surface area (Å²) < 4.78 is 0. The van der Waals surface area contributed by atoms with Crippen molar-refractivity contribution in [3.63, 3.8) is 0 Å². The first-order valence-electron chi connectivity index (χ1n) is 11.7. The first-order chi connectivity index (χ1) is 16.9. The third-order valence-corrected chi connectivity index (χ3v) is 5.97. The van der Waals surface area contributed by atoms with Gasteiger partial charge in [0, 0.05) is 29.7 Å². The third-order valence-electron chi connectivity index (χ3n) is 5.97. The standard InChI is InChI=1S/C27H28N4O4/c1-3-6-16(2)29-22-23(25(33)24(22)32)31-21(27(34)35)15-17-9-11-19(12-10-17)30-26-20-8-5-4-7-18(20)13-14-28-26/h4-5,7-14,16,21,29,31H,3,6,15H2,1-2H3,(H,28,30)(H,34,35)/t16-,21-/m0/s1. The molecule has 4 aromatic rings. The number of fused-ring (bicyclic) bond motifs is 1. The third kappa shape index (κ3) is 5.32. The molecule has 8 heteroatoms. The average Bonchev–Trinajstić information content (AvgIpc) is 2.86. The fourth-order valence-electron chi connectivity index (χ4n) is 4.11. The summed E-state index contributed by atoms with van der Waals surface area (Å²) in [6.45, 7) is 3.95. The lowest BCUT2D eigenvalue weighted by Crippen LogP contribution is -2.43. The fourth-order valence-corrected chi connectivity index (χ4v) is 4.11. The monoisotopic (exact) mass is 472 g/mol. The van der Waals surface area contributed by atoms with Crippen LogP contribution in [0.25, 0.3) is 10.8 Å². The number of rotatable bonds is 11. The number of nitrogens with zero attached hydrogens (tertiary/aromatic N) is 1. The number of carboxylic acid groups (broad SMARTS) is 1. The number of benzene rings is 2. The molecule has 0 fully saturated rings. The number of pyridine rings is 1. The molecule has 0 aliphatic carbocycles. The largest absolute Gasteiger partial charge is 0.480 e. The van der Waals surface area contributed by atoms with Gasteiger partial charge < -0.3 is 21.1 Å². The fraction of sp³-hybridized carbons (Fsp3) is 0.259. The number of carbonyl (C=O) groups is 1. The number of carboxylic acids is 1. The van der Waals surface area contributed by atoms with Gasteiger partial charge in [-0.3, -0.25) is 9.59 Å². The van der Waals surface area contributed by atoms with E-state index in [1.165, 1.54) is 0 Å². The second-order valence-corrected chi connectivity index (χ2v) is 8.68. The second kappa shape index (κ2) is 10.4. The molecule has 0 amide bonds. The first-order valence-corrected chi connectivity index (χ1v) is 11.7. The van der Waals surface area contributed by atoms with Crippen LogP contribution in [0.5, 0.6) is 0 Å². The smallest absolute Gasteiger partial charge is 0.326 e. The molecule has 1 aromatic heterocycles. The Labute approximate surface area is 202 Å². The van der Waals surface area contributed by atoms with Gasteiger partial charge in [0.15, 0.2) is 0 Å². The molecule has 35 heavy (non-hydrogen) atoms. The Hall–Kier alpha value is -4.20. The predicted octanol–water partition coefficient (Wildman–Crippen LogP) is 4.28. The molecule has 180 valence electrons. The van der Waals surface area contributed by atoms with Crippen molar-refractivity contribution >= 4 is 39.6 Å². The molecule has 0 saturated carbocycles. The Kier molecular flexibility index (Phi) is 7.10. The zero-order valence-corrected chi connectivity index (χ0v) is 19.7. The van der Waals surface area contributed by atoms with E-state index in [1.807, 2.05) is 68.4 Å². The molecule has 0 unspecified atom stereocenters. The average molecular weight is 473 g/mol. The summed E-state index contributed by atoms with van der Waals surface area (Å²) in [7, 11) is 0. The van der Waals surface area contributed by atoms with Gasteiger partial charge in [-0.05, 0) is 42.5 Å². The van der Waals surface area contributed by atoms with Crippen LogP contribution in [0.4, 0.5) is 22.9 Å². The summed E-state index contributed by atoms with van der Waals surface area (Å²) in [5.74, 6) is -0.369. The van der Waals surface area contributed by atoms with E-state index in [1.54, 1.807) is 6.20 Å². The summed E-state index contributed by atoms with van der Waals surface area (Å²) >= 11 is 0. The summed E-state index contributed by atoms with van der Waals surface area (Å²) in [5, 5.41) is 20.9. The molecule has 8 nitrogen and oxygen atoms in total. The molecule has 4 N–H and O–H groups in total. The molecule has 0 spiro atoms. The minimum Gasteiger partial charge on any atom is -0.480 e. The number of hydrogen-bond donors (Lipinski definition) is 4. The Morgan fingerprint density at radius 1 is 0.971 bits per heavy atom. The Bertz CT molecular complexity index is 1400. The van der Waals surface area contributed by atoms with Crippen LogP contribution in [0.3, 0.4) is 0 Å². The number of anilines is 4. The predicted molar refractivity (Wildman–Crippen MR) is 140 cm³/mol. The summed E-state index contributed by atoms with van der Waals surface area (Å²) in [6, 6.07) is 16.2. The second-order valence-electron chi connectivity index (χ2n) is 8.68. The maximum atomic E-state index is 12.1. The van der Waals surface area contributed by atoms with Crippen molar-refractivity contribution in [3.05, 3.63) is 86.8 Å². The Balaban J connectivity index is 1.46. The van der Waals surface area contributed by atoms with Crippen molar-refractivity contribution < 1.29 is 9.90 Å². The van der Waals surface area contributed by atoms with E-state index in [2.05, 4.69) is 20.9 Å². The number of aromatic nitrogens is 1. The molecule has 0 aliphatic rings. The molecule has 0 aliphatic heterocycles. The van der Waals surface area contributed by atoms with Gasteiger partial charge in [0.25, 0.3) is 10.9 Å². The van der Waals surface area contributed by atoms with Gasteiger partial charge in [0.1, 0.15) is 23.2 Å². The molecular formula is C27H28N4O4. The van der Waals surface area contributed by atoms with Crippen LogP contribution in [-0.4, -0.2) is 28.1 Å². The van der Waals surface area contributed by atoms with Crippen LogP contribution in [-0.2, 0) is 11.2 Å². The van der Waals surface area contributed by atoms with Crippen LogP contribution in [0, 0.1) is 0 Å². The molecule has 0 saturated heterocycles. The maximum absolute atomic E-state index is 12.1. The van der Waals surface area contributed by atoms with Crippen molar-refractivity contribution in [3.8, 4) is 0 Å². The molecule has 3 aromatic carbocycles. The molecule has 1 heterocycles. The van der Waals surface area contributed by atoms with Crippen molar-refractivity contribution in [2.24, 2.45) is 0 Å². The molecule has 0 radical (unpaired) electrons. The first kappa shape index (κ1) is 23.9. The quantitative estimate of drug-likeness (QED) is 0.239. The summed E-state index contributed by atoms with van der Waals surface area (Å²) in [6.07, 6.45) is 3.64. The topological polar surface area (TPSA) is 120 Å². The normalized spacial score (nSPS) is 12.9. The molecule has 4 rings (SSSR count). The zero-order chi connectivity index (χ0) is 24.9. The van der Waals surface area contributed by atoms with Crippen LogP contribution in [0.1, 0.15) is 32.3 Å². The lowest BCUT2D eigenvalue weighted by molar-refractivity contribution is -0.137. The Morgan fingerprint density at radius 2 is 1.66 bits per heavy atom. The lowest BCUT2D eigenvalue weighted by Gasteiger charge is -2.22. The molecule has 2 atom stereocenters. The van der Waals surface area contributed by atoms with Gasteiger partial charge in [-0.2, -0.15) is 0 Å². The highest BCUT2D eigenvalue weighted by Gasteiger charge is 2.27. The van der Waals surface area contributed by atoms with Crippen LogP contribution in [0.15, 0.2) is 70.4 Å². The summed E-state index contributed by atoms with van der Waals surface area (Å²) in [5.41, 5.74) is 0.502. The van der Waals surface area contributed by atoms with Gasteiger partial charge in [-0.1, -0.05) is 49.7 Å². The van der Waals surface area contributed by atoms with Gasteiger partial charge in [0.05, 0.1) is 0 Å². The van der Waals surface area contributed by atoms with Crippen molar-refractivity contribution in [2.75, 3.05) is 16.0 Å². The van der Waals surface area contributed by atoms with Crippen LogP contribution < -0.4 is 26.8 Å². The van der Waals surface area contributed by atoms with Crippen molar-refractivity contribution in [2.45, 2.75) is 45.2 Å².